The van der Waals surface area contributed by atoms with Gasteiger partial charge in [-0.2, -0.15) is 0 Å². The van der Waals surface area contributed by atoms with E-state index in [2.05, 4.69) is 42.4 Å². The predicted octanol–water partition coefficient (Wildman–Crippen LogP) is 3.02. The molecule has 3 aromatic heterocycles. The van der Waals surface area contributed by atoms with Crippen molar-refractivity contribution in [1.29, 1.82) is 0 Å². The molecule has 8 nitrogen and oxygen atoms in total. The minimum atomic E-state index is 0.0438. The Morgan fingerprint density at radius 3 is 2.58 bits per heavy atom. The van der Waals surface area contributed by atoms with Gasteiger partial charge in [-0.3, -0.25) is 0 Å². The first-order chi connectivity index (χ1) is 11.8. The molecule has 9 heteroatoms. The van der Waals surface area contributed by atoms with E-state index in [0.717, 1.165) is 36.8 Å². The largest absolute Gasteiger partial charge is 0.358 e. The maximum atomic E-state index is 4.78. The molecule has 0 aromatic carbocycles. The smallest absolute Gasteiger partial charge is 0.245 e. The lowest BCUT2D eigenvalue weighted by atomic mass is 10.2. The van der Waals surface area contributed by atoms with Crippen LogP contribution in [0.4, 0.5) is 11.6 Å². The molecule has 4 heterocycles. The fraction of sp³-hybridized carbons (Fsp3) is 0.533. The van der Waals surface area contributed by atoms with Crippen molar-refractivity contribution in [2.24, 2.45) is 0 Å². The second kappa shape index (κ2) is 6.68. The summed E-state index contributed by atoms with van der Waals surface area (Å²) < 4.78 is 4.78. The van der Waals surface area contributed by atoms with Crippen molar-refractivity contribution < 1.29 is 4.63 Å². The van der Waals surface area contributed by atoms with E-state index in [-0.39, 0.29) is 6.04 Å². The summed E-state index contributed by atoms with van der Waals surface area (Å²) in [6.07, 6.45) is 6.66. The van der Waals surface area contributed by atoms with E-state index in [1.165, 1.54) is 12.8 Å². The molecular formula is C15H19N7OS. The quantitative estimate of drug-likeness (QED) is 0.771. The molecule has 1 fully saturated rings. The minimum absolute atomic E-state index is 0.0438. The standard InChI is InChI=1S/C15H19N7OS/c1-10(15-16-6-9-24-15)17-13-14(22-7-4-2-3-5-8-22)19-12-11(18-13)20-23-21-12/h6,9-10H,2-5,7-8H2,1H3,(H,17,18,20). The van der Waals surface area contributed by atoms with Crippen LogP contribution in [0.15, 0.2) is 16.2 Å². The van der Waals surface area contributed by atoms with Crippen molar-refractivity contribution in [2.75, 3.05) is 23.3 Å². The number of nitrogens with zero attached hydrogens (tertiary/aromatic N) is 6. The third-order valence-corrected chi connectivity index (χ3v) is 5.13. The van der Waals surface area contributed by atoms with Crippen LogP contribution in [-0.2, 0) is 0 Å². The van der Waals surface area contributed by atoms with Gasteiger partial charge >= 0.3 is 0 Å². The molecule has 126 valence electrons. The van der Waals surface area contributed by atoms with E-state index in [9.17, 15) is 0 Å². The summed E-state index contributed by atoms with van der Waals surface area (Å²) in [5.41, 5.74) is 0.865. The highest BCUT2D eigenvalue weighted by atomic mass is 32.1. The van der Waals surface area contributed by atoms with Gasteiger partial charge in [0.05, 0.1) is 6.04 Å². The van der Waals surface area contributed by atoms with Crippen molar-refractivity contribution in [3.8, 4) is 0 Å². The average molecular weight is 345 g/mol. The molecular weight excluding hydrogens is 326 g/mol. The second-order valence-corrected chi connectivity index (χ2v) is 6.87. The first-order valence-corrected chi connectivity index (χ1v) is 9.10. The highest BCUT2D eigenvalue weighted by molar-refractivity contribution is 7.09. The molecule has 1 atom stereocenters. The lowest BCUT2D eigenvalue weighted by Crippen LogP contribution is -2.27. The maximum Gasteiger partial charge on any atom is 0.245 e. The van der Waals surface area contributed by atoms with Crippen LogP contribution in [0.1, 0.15) is 43.7 Å². The van der Waals surface area contributed by atoms with Crippen molar-refractivity contribution in [3.63, 3.8) is 0 Å². The van der Waals surface area contributed by atoms with Crippen LogP contribution in [-0.4, -0.2) is 38.4 Å². The van der Waals surface area contributed by atoms with Gasteiger partial charge in [0, 0.05) is 24.7 Å². The number of nitrogens with one attached hydrogen (secondary N) is 1. The third kappa shape index (κ3) is 3.03. The first kappa shape index (κ1) is 15.3. The summed E-state index contributed by atoms with van der Waals surface area (Å²) in [6, 6.07) is 0.0438. The topological polar surface area (TPSA) is 92.9 Å². The monoisotopic (exact) mass is 345 g/mol. The SMILES string of the molecule is CC(Nc1nc2nonc2nc1N1CCCCCC1)c1nccs1. The van der Waals surface area contributed by atoms with Crippen LogP contribution < -0.4 is 10.2 Å². The Bertz CT molecular complexity index is 795. The number of anilines is 2. The number of hydrogen-bond acceptors (Lipinski definition) is 9. The Balaban J connectivity index is 1.69. The van der Waals surface area contributed by atoms with Crippen LogP contribution >= 0.6 is 11.3 Å². The Morgan fingerprint density at radius 1 is 1.12 bits per heavy atom. The molecule has 1 aliphatic heterocycles. The Hall–Kier alpha value is -2.29. The molecule has 1 aliphatic rings. The highest BCUT2D eigenvalue weighted by Crippen LogP contribution is 2.29. The predicted molar refractivity (Wildman–Crippen MR) is 92.2 cm³/mol. The van der Waals surface area contributed by atoms with Crippen molar-refractivity contribution in [2.45, 2.75) is 38.6 Å². The lowest BCUT2D eigenvalue weighted by molar-refractivity contribution is 0.314. The number of rotatable bonds is 4. The van der Waals surface area contributed by atoms with Crippen LogP contribution in [0.3, 0.4) is 0 Å². The maximum absolute atomic E-state index is 4.78. The van der Waals surface area contributed by atoms with Crippen LogP contribution in [0, 0.1) is 0 Å². The molecule has 0 saturated carbocycles. The Kier molecular flexibility index (Phi) is 4.24. The zero-order chi connectivity index (χ0) is 16.4. The van der Waals surface area contributed by atoms with Crippen molar-refractivity contribution in [1.82, 2.24) is 25.3 Å². The molecule has 4 rings (SSSR count). The molecule has 0 amide bonds. The highest BCUT2D eigenvalue weighted by Gasteiger charge is 2.21. The third-order valence-electron chi connectivity index (χ3n) is 4.18. The van der Waals surface area contributed by atoms with Crippen molar-refractivity contribution >= 4 is 34.3 Å². The molecule has 1 N–H and O–H groups in total. The summed E-state index contributed by atoms with van der Waals surface area (Å²) in [4.78, 5) is 15.9. The van der Waals surface area contributed by atoms with Gasteiger partial charge in [-0.15, -0.1) is 11.3 Å². The molecule has 1 saturated heterocycles. The summed E-state index contributed by atoms with van der Waals surface area (Å²) in [7, 11) is 0. The molecule has 3 aromatic rings. The van der Waals surface area contributed by atoms with Crippen molar-refractivity contribution in [3.05, 3.63) is 16.6 Å². The zero-order valence-electron chi connectivity index (χ0n) is 13.5. The number of fused-ring (bicyclic) bond motifs is 1. The number of thiazole rings is 1. The van der Waals surface area contributed by atoms with Crippen LogP contribution in [0.5, 0.6) is 0 Å². The fourth-order valence-corrected chi connectivity index (χ4v) is 3.59. The molecule has 0 aliphatic carbocycles. The Labute approximate surface area is 143 Å². The van der Waals surface area contributed by atoms with Gasteiger partial charge in [0.25, 0.3) is 0 Å². The van der Waals surface area contributed by atoms with Gasteiger partial charge in [0.2, 0.25) is 11.3 Å². The van der Waals surface area contributed by atoms with E-state index < -0.39 is 0 Å². The Morgan fingerprint density at radius 2 is 1.88 bits per heavy atom. The van der Waals surface area contributed by atoms with Gasteiger partial charge < -0.3 is 10.2 Å². The molecule has 0 radical (unpaired) electrons. The van der Waals surface area contributed by atoms with E-state index in [1.54, 1.807) is 11.3 Å². The van der Waals surface area contributed by atoms with Gasteiger partial charge in [-0.25, -0.2) is 19.6 Å². The summed E-state index contributed by atoms with van der Waals surface area (Å²) >= 11 is 1.62. The summed E-state index contributed by atoms with van der Waals surface area (Å²) in [6.45, 7) is 4.02. The fourth-order valence-electron chi connectivity index (χ4n) is 2.94. The van der Waals surface area contributed by atoms with Gasteiger partial charge in [0.1, 0.15) is 5.01 Å². The lowest BCUT2D eigenvalue weighted by Gasteiger charge is -2.24. The van der Waals surface area contributed by atoms with E-state index in [0.29, 0.717) is 17.1 Å². The normalized spacial score (nSPS) is 17.0. The van der Waals surface area contributed by atoms with Gasteiger partial charge in [0.15, 0.2) is 11.6 Å². The van der Waals surface area contributed by atoms with Gasteiger partial charge in [-0.05, 0) is 30.1 Å². The first-order valence-electron chi connectivity index (χ1n) is 8.22. The molecule has 0 spiro atoms. The van der Waals surface area contributed by atoms with E-state index in [1.807, 2.05) is 11.6 Å². The number of aromatic nitrogens is 5. The molecule has 1 unspecified atom stereocenters. The van der Waals surface area contributed by atoms with Crippen LogP contribution in [0.25, 0.3) is 11.3 Å². The number of hydrogen-bond donors (Lipinski definition) is 1. The van der Waals surface area contributed by atoms with Crippen LogP contribution in [0.2, 0.25) is 0 Å². The summed E-state index contributed by atoms with van der Waals surface area (Å²) in [5, 5.41) is 14.1. The molecule has 0 bridgehead atoms. The van der Waals surface area contributed by atoms with E-state index in [4.69, 9.17) is 4.63 Å². The minimum Gasteiger partial charge on any atom is -0.358 e. The zero-order valence-corrected chi connectivity index (χ0v) is 14.3. The van der Waals surface area contributed by atoms with Gasteiger partial charge in [-0.1, -0.05) is 12.8 Å². The summed E-state index contributed by atoms with van der Waals surface area (Å²) in [5.74, 6) is 1.53. The van der Waals surface area contributed by atoms with E-state index >= 15 is 0 Å². The second-order valence-electron chi connectivity index (χ2n) is 5.94. The molecule has 24 heavy (non-hydrogen) atoms. The average Bonchev–Trinajstić information content (AvgIpc) is 3.20.